The number of carbonyl (C=O) groups is 8. The van der Waals surface area contributed by atoms with Crippen LogP contribution in [0.2, 0.25) is 0 Å². The predicted octanol–water partition coefficient (Wildman–Crippen LogP) is -5.98. The topological polar surface area (TPSA) is 267 Å². The molecule has 0 aromatic rings. The predicted molar refractivity (Wildman–Crippen MR) is 133 cm³/mol. The van der Waals surface area contributed by atoms with Gasteiger partial charge < -0.3 is 48.1 Å². The van der Waals surface area contributed by atoms with Crippen molar-refractivity contribution in [2.75, 3.05) is 32.7 Å². The molecule has 0 aromatic carbocycles. The maximum atomic E-state index is 12.5. The Morgan fingerprint density at radius 1 is 0.846 bits per heavy atom. The van der Waals surface area contributed by atoms with Gasteiger partial charge in [0.2, 0.25) is 41.4 Å². The lowest BCUT2D eigenvalue weighted by molar-refractivity contribution is -0.131. The number of carbonyl (C=O) groups excluding carboxylic acids is 8. The number of primary amides is 1. The zero-order valence-corrected chi connectivity index (χ0v) is 21.8. The summed E-state index contributed by atoms with van der Waals surface area (Å²) in [7, 11) is 0. The molecular formula is C22H36N8O9. The van der Waals surface area contributed by atoms with Gasteiger partial charge >= 0.3 is 0 Å². The molecule has 1 aliphatic heterocycles. The molecule has 0 aliphatic carbocycles. The Balaban J connectivity index is 2.44. The molecule has 0 saturated carbocycles. The van der Waals surface area contributed by atoms with Crippen LogP contribution in [0.4, 0.5) is 0 Å². The highest BCUT2D eigenvalue weighted by atomic mass is 16.3. The second-order valence-corrected chi connectivity index (χ2v) is 8.86. The van der Waals surface area contributed by atoms with Gasteiger partial charge in [-0.15, -0.1) is 0 Å². The Hall–Kier alpha value is -4.12. The highest BCUT2D eigenvalue weighted by Gasteiger charge is 2.28. The van der Waals surface area contributed by atoms with Gasteiger partial charge in [-0.05, 0) is 26.7 Å². The molecule has 1 rings (SSSR count). The molecule has 1 saturated heterocycles. The molecule has 39 heavy (non-hydrogen) atoms. The van der Waals surface area contributed by atoms with Crippen LogP contribution < -0.4 is 43.0 Å². The van der Waals surface area contributed by atoms with Crippen molar-refractivity contribution in [3.63, 3.8) is 0 Å². The minimum Gasteiger partial charge on any atom is -0.392 e. The van der Waals surface area contributed by atoms with Gasteiger partial charge in [0.25, 0.3) is 0 Å². The van der Waals surface area contributed by atoms with Crippen LogP contribution >= 0.6 is 0 Å². The summed E-state index contributed by atoms with van der Waals surface area (Å²) in [5, 5.41) is 26.1. The van der Waals surface area contributed by atoms with Gasteiger partial charge in [0.15, 0.2) is 5.78 Å². The number of rotatable bonds is 16. The molecule has 7 amide bonds. The first kappa shape index (κ1) is 32.9. The molecule has 4 atom stereocenters. The number of nitrogens with two attached hydrogens (primary N) is 1. The Kier molecular flexibility index (Phi) is 14.1. The van der Waals surface area contributed by atoms with E-state index in [2.05, 4.69) is 37.2 Å². The lowest BCUT2D eigenvalue weighted by Gasteiger charge is -2.18. The molecule has 1 aliphatic rings. The first-order valence-corrected chi connectivity index (χ1v) is 12.2. The zero-order valence-electron chi connectivity index (χ0n) is 21.8. The van der Waals surface area contributed by atoms with Crippen LogP contribution in [-0.4, -0.2) is 109 Å². The van der Waals surface area contributed by atoms with Gasteiger partial charge in [0.05, 0.1) is 44.4 Å². The molecule has 0 bridgehead atoms. The summed E-state index contributed by atoms with van der Waals surface area (Å²) in [5.74, 6) is -5.10. The Morgan fingerprint density at radius 2 is 1.38 bits per heavy atom. The lowest BCUT2D eigenvalue weighted by Crippen LogP contribution is -2.52. The van der Waals surface area contributed by atoms with Gasteiger partial charge in [0, 0.05) is 13.0 Å². The lowest BCUT2D eigenvalue weighted by atomic mass is 10.1. The summed E-state index contributed by atoms with van der Waals surface area (Å²) in [6, 6.07) is -2.62. The fourth-order valence-corrected chi connectivity index (χ4v) is 3.18. The first-order chi connectivity index (χ1) is 18.3. The summed E-state index contributed by atoms with van der Waals surface area (Å²) in [5.41, 5.74) is 5.11. The van der Waals surface area contributed by atoms with Crippen molar-refractivity contribution in [1.29, 1.82) is 0 Å². The first-order valence-electron chi connectivity index (χ1n) is 12.2. The molecule has 10 N–H and O–H groups in total. The molecule has 0 aromatic heterocycles. The van der Waals surface area contributed by atoms with Crippen molar-refractivity contribution in [3.8, 4) is 0 Å². The maximum absolute atomic E-state index is 12.5. The normalized spacial score (nSPS) is 17.6. The van der Waals surface area contributed by atoms with Crippen molar-refractivity contribution in [2.24, 2.45) is 5.73 Å². The number of hydrogen-bond acceptors (Lipinski definition) is 10. The van der Waals surface area contributed by atoms with Crippen LogP contribution in [0, 0.1) is 0 Å². The van der Waals surface area contributed by atoms with Gasteiger partial charge in [-0.25, -0.2) is 0 Å². The van der Waals surface area contributed by atoms with Crippen LogP contribution in [0.5, 0.6) is 0 Å². The number of aliphatic hydroxyl groups is 1. The molecule has 0 radical (unpaired) electrons. The number of aliphatic hydroxyl groups excluding tert-OH is 1. The molecule has 1 heterocycles. The fourth-order valence-electron chi connectivity index (χ4n) is 3.18. The SMILES string of the molecule is CC(=O)C(C)NC(=O)CNC(=O)CNC(=O)CNC(=O)C(CCC(N)=O)NC(=O)CNC(=O)C1C[C@@H](O)CN1. The van der Waals surface area contributed by atoms with E-state index in [1.54, 1.807) is 0 Å². The van der Waals surface area contributed by atoms with Gasteiger partial charge in [-0.2, -0.15) is 0 Å². The van der Waals surface area contributed by atoms with Crippen molar-refractivity contribution >= 4 is 47.1 Å². The van der Waals surface area contributed by atoms with Crippen molar-refractivity contribution in [3.05, 3.63) is 0 Å². The molecule has 17 nitrogen and oxygen atoms in total. The maximum Gasteiger partial charge on any atom is 0.243 e. The molecule has 0 spiro atoms. The second-order valence-electron chi connectivity index (χ2n) is 8.86. The number of nitrogens with one attached hydrogen (secondary N) is 7. The van der Waals surface area contributed by atoms with Crippen LogP contribution in [0.3, 0.4) is 0 Å². The summed E-state index contributed by atoms with van der Waals surface area (Å²) in [4.78, 5) is 94.5. The number of Topliss-reactive ketones (excluding diaryl/α,β-unsaturated/α-hetero) is 1. The Bertz CT molecular complexity index is 958. The highest BCUT2D eigenvalue weighted by Crippen LogP contribution is 2.05. The molecule has 17 heteroatoms. The van der Waals surface area contributed by atoms with Gasteiger partial charge in [-0.3, -0.25) is 38.4 Å². The second kappa shape index (κ2) is 16.7. The van der Waals surface area contributed by atoms with Crippen LogP contribution in [0.1, 0.15) is 33.1 Å². The van der Waals surface area contributed by atoms with E-state index in [9.17, 15) is 43.5 Å². The Morgan fingerprint density at radius 3 is 1.92 bits per heavy atom. The number of β-amino-alcohol motifs (C(OH)–C–C–N with tert-alkyl or cyclic N) is 1. The van der Waals surface area contributed by atoms with E-state index >= 15 is 0 Å². The zero-order chi connectivity index (χ0) is 29.5. The molecule has 1 fully saturated rings. The third-order valence-corrected chi connectivity index (χ3v) is 5.48. The number of ketones is 1. The van der Waals surface area contributed by atoms with Crippen LogP contribution in [-0.2, 0) is 38.4 Å². The van der Waals surface area contributed by atoms with Crippen molar-refractivity contribution in [2.45, 2.75) is 57.3 Å². The molecule has 218 valence electrons. The van der Waals surface area contributed by atoms with Crippen LogP contribution in [0.15, 0.2) is 0 Å². The average Bonchev–Trinajstić information content (AvgIpc) is 3.31. The quantitative estimate of drug-likeness (QED) is 0.0868. The summed E-state index contributed by atoms with van der Waals surface area (Å²) in [6.45, 7) is 1.07. The number of amides is 7. The highest BCUT2D eigenvalue weighted by molar-refractivity contribution is 5.94. The van der Waals surface area contributed by atoms with E-state index in [0.29, 0.717) is 0 Å². The third-order valence-electron chi connectivity index (χ3n) is 5.48. The van der Waals surface area contributed by atoms with Crippen molar-refractivity contribution < 1.29 is 43.5 Å². The van der Waals surface area contributed by atoms with Crippen LogP contribution in [0.25, 0.3) is 0 Å². The summed E-state index contributed by atoms with van der Waals surface area (Å²) < 4.78 is 0. The van der Waals surface area contributed by atoms with Gasteiger partial charge in [0.1, 0.15) is 6.04 Å². The van der Waals surface area contributed by atoms with E-state index in [1.165, 1.54) is 13.8 Å². The minimum absolute atomic E-state index is 0.175. The largest absolute Gasteiger partial charge is 0.392 e. The smallest absolute Gasteiger partial charge is 0.243 e. The van der Waals surface area contributed by atoms with E-state index in [1.807, 2.05) is 0 Å². The van der Waals surface area contributed by atoms with E-state index in [4.69, 9.17) is 5.73 Å². The molecular weight excluding hydrogens is 520 g/mol. The Labute approximate surface area is 224 Å². The van der Waals surface area contributed by atoms with E-state index < -0.39 is 91.8 Å². The number of hydrogen-bond donors (Lipinski definition) is 9. The standard InChI is InChI=1S/C22H36N8O9/c1-11(12(2)31)29-19(36)9-26-17(34)7-25-18(35)8-27-21(38)14(3-4-16(23)33)30-20(37)10-28-22(39)15-5-13(32)6-24-15/h11,13-15,24,32H,3-10H2,1-2H3,(H2,23,33)(H,25,35)(H,26,34)(H,27,38)(H,28,39)(H,29,36)(H,30,37)/t11?,13-,14?,15?/m1/s1. The summed E-state index contributed by atoms with van der Waals surface area (Å²) in [6.07, 6.45) is -0.904. The minimum atomic E-state index is -1.25. The van der Waals surface area contributed by atoms with E-state index in [0.717, 1.165) is 0 Å². The molecule has 3 unspecified atom stereocenters. The van der Waals surface area contributed by atoms with Gasteiger partial charge in [-0.1, -0.05) is 0 Å². The summed E-state index contributed by atoms with van der Waals surface area (Å²) >= 11 is 0. The monoisotopic (exact) mass is 556 g/mol. The fraction of sp³-hybridized carbons (Fsp3) is 0.636. The van der Waals surface area contributed by atoms with E-state index in [-0.39, 0.29) is 31.6 Å². The average molecular weight is 557 g/mol. The van der Waals surface area contributed by atoms with Crippen molar-refractivity contribution in [1.82, 2.24) is 37.2 Å². The third kappa shape index (κ3) is 13.8.